The van der Waals surface area contributed by atoms with E-state index in [4.69, 9.17) is 5.73 Å². The van der Waals surface area contributed by atoms with Gasteiger partial charge in [-0.15, -0.1) is 0 Å². The highest BCUT2D eigenvalue weighted by Gasteiger charge is 2.17. The van der Waals surface area contributed by atoms with Crippen molar-refractivity contribution in [3.8, 4) is 0 Å². The summed E-state index contributed by atoms with van der Waals surface area (Å²) in [6, 6.07) is 1.94. The van der Waals surface area contributed by atoms with Crippen molar-refractivity contribution < 1.29 is 4.79 Å². The minimum Gasteiger partial charge on any atom is -0.382 e. The number of carbonyl (C=O) groups excluding carboxylic acids is 1. The van der Waals surface area contributed by atoms with E-state index in [9.17, 15) is 4.79 Å². The second-order valence-corrected chi connectivity index (χ2v) is 4.78. The lowest BCUT2D eigenvalue weighted by atomic mass is 10.1. The first-order valence-electron chi connectivity index (χ1n) is 5.74. The third kappa shape index (κ3) is 2.82. The van der Waals surface area contributed by atoms with E-state index in [1.807, 2.05) is 13.0 Å². The van der Waals surface area contributed by atoms with E-state index in [0.29, 0.717) is 17.1 Å². The molecule has 0 spiro atoms. The summed E-state index contributed by atoms with van der Waals surface area (Å²) in [4.78, 5) is 15.8. The van der Waals surface area contributed by atoms with Crippen LogP contribution in [0.2, 0.25) is 0 Å². The summed E-state index contributed by atoms with van der Waals surface area (Å²) in [7, 11) is 1.56. The van der Waals surface area contributed by atoms with E-state index >= 15 is 0 Å². The molecule has 0 aromatic carbocycles. The topological polar surface area (TPSA) is 92.9 Å². The van der Waals surface area contributed by atoms with Crippen LogP contribution >= 0.6 is 11.5 Å². The van der Waals surface area contributed by atoms with Crippen molar-refractivity contribution in [2.24, 2.45) is 0 Å². The second-order valence-electron chi connectivity index (χ2n) is 4.01. The number of nitrogens with one attached hydrogen (secondary N) is 2. The van der Waals surface area contributed by atoms with Crippen LogP contribution in [0.15, 0.2) is 18.5 Å². The van der Waals surface area contributed by atoms with Gasteiger partial charge in [-0.05, 0) is 35.6 Å². The molecule has 19 heavy (non-hydrogen) atoms. The van der Waals surface area contributed by atoms with Crippen LogP contribution in [0.4, 0.5) is 10.8 Å². The van der Waals surface area contributed by atoms with Gasteiger partial charge < -0.3 is 16.4 Å². The molecule has 0 atom stereocenters. The Kier molecular flexibility index (Phi) is 3.96. The summed E-state index contributed by atoms with van der Waals surface area (Å²) in [5.74, 6) is 0.00594. The molecule has 2 aromatic heterocycles. The molecule has 2 aromatic rings. The van der Waals surface area contributed by atoms with Crippen molar-refractivity contribution in [1.29, 1.82) is 0 Å². The largest absolute Gasteiger partial charge is 0.382 e. The predicted octanol–water partition coefficient (Wildman–Crippen LogP) is 1.40. The fraction of sp³-hybridized carbons (Fsp3) is 0.250. The molecular weight excluding hydrogens is 262 g/mol. The van der Waals surface area contributed by atoms with Gasteiger partial charge in [-0.3, -0.25) is 9.78 Å². The van der Waals surface area contributed by atoms with Crippen molar-refractivity contribution in [2.75, 3.05) is 18.1 Å². The third-order valence-electron chi connectivity index (χ3n) is 2.76. The lowest BCUT2D eigenvalue weighted by Crippen LogP contribution is -2.20. The number of aryl methyl sites for hydroxylation is 1. The minimum absolute atomic E-state index is 0.239. The fourth-order valence-corrected chi connectivity index (χ4v) is 2.33. The Labute approximate surface area is 115 Å². The van der Waals surface area contributed by atoms with E-state index in [1.165, 1.54) is 11.5 Å². The van der Waals surface area contributed by atoms with Crippen molar-refractivity contribution >= 4 is 28.3 Å². The number of nitrogens with zero attached hydrogens (tertiary/aromatic N) is 2. The van der Waals surface area contributed by atoms with Crippen LogP contribution in [0.5, 0.6) is 0 Å². The van der Waals surface area contributed by atoms with Gasteiger partial charge in [0.1, 0.15) is 10.6 Å². The smallest absolute Gasteiger partial charge is 0.257 e. The van der Waals surface area contributed by atoms with E-state index < -0.39 is 0 Å². The van der Waals surface area contributed by atoms with Crippen LogP contribution in [-0.4, -0.2) is 22.3 Å². The maximum Gasteiger partial charge on any atom is 0.257 e. The number of anilines is 2. The van der Waals surface area contributed by atoms with Crippen LogP contribution in [-0.2, 0) is 6.54 Å². The maximum atomic E-state index is 11.7. The number of aromatic nitrogens is 2. The molecule has 2 rings (SSSR count). The normalized spacial score (nSPS) is 10.2. The number of nitrogens with two attached hydrogens (primary N) is 1. The number of hydrogen-bond donors (Lipinski definition) is 3. The highest BCUT2D eigenvalue weighted by molar-refractivity contribution is 7.11. The van der Waals surface area contributed by atoms with Gasteiger partial charge in [0.25, 0.3) is 5.91 Å². The molecule has 6 nitrogen and oxygen atoms in total. The standard InChI is InChI=1S/C12H15N5OS/c1-7-3-4-15-5-8(7)6-16-12-9(11(18)14-2)10(13)17-19-12/h3-5,16H,6H2,1-2H3,(H2,13,17)(H,14,18). The zero-order chi connectivity index (χ0) is 13.8. The first-order chi connectivity index (χ1) is 9.13. The first kappa shape index (κ1) is 13.3. The van der Waals surface area contributed by atoms with Gasteiger partial charge in [-0.25, -0.2) is 0 Å². The Morgan fingerprint density at radius 3 is 3.00 bits per heavy atom. The van der Waals surface area contributed by atoms with Crippen LogP contribution in [0.3, 0.4) is 0 Å². The molecule has 1 amide bonds. The Morgan fingerprint density at radius 1 is 1.53 bits per heavy atom. The van der Waals surface area contributed by atoms with E-state index in [0.717, 1.165) is 11.1 Å². The highest BCUT2D eigenvalue weighted by Crippen LogP contribution is 2.27. The number of pyridine rings is 1. The molecule has 0 unspecified atom stereocenters. The number of nitrogen functional groups attached to an aromatic ring is 1. The molecule has 2 heterocycles. The van der Waals surface area contributed by atoms with Crippen LogP contribution in [0, 0.1) is 6.92 Å². The average molecular weight is 277 g/mol. The van der Waals surface area contributed by atoms with Crippen LogP contribution in [0.25, 0.3) is 0 Å². The van der Waals surface area contributed by atoms with Crippen molar-refractivity contribution in [3.63, 3.8) is 0 Å². The van der Waals surface area contributed by atoms with E-state index in [2.05, 4.69) is 20.0 Å². The minimum atomic E-state index is -0.239. The van der Waals surface area contributed by atoms with Gasteiger partial charge in [0.15, 0.2) is 5.82 Å². The molecule has 0 aliphatic rings. The molecular formula is C12H15N5OS. The SMILES string of the molecule is CNC(=O)c1c(N)nsc1NCc1cnccc1C. The molecule has 0 radical (unpaired) electrons. The number of amides is 1. The molecule has 7 heteroatoms. The molecule has 100 valence electrons. The Bertz CT molecular complexity index is 596. The quantitative estimate of drug-likeness (QED) is 0.785. The summed E-state index contributed by atoms with van der Waals surface area (Å²) in [6.45, 7) is 2.59. The highest BCUT2D eigenvalue weighted by atomic mass is 32.1. The fourth-order valence-electron chi connectivity index (χ4n) is 1.62. The Hall–Kier alpha value is -2.15. The lowest BCUT2D eigenvalue weighted by Gasteiger charge is -2.08. The molecule has 0 bridgehead atoms. The van der Waals surface area contributed by atoms with Gasteiger partial charge in [0.05, 0.1) is 0 Å². The van der Waals surface area contributed by atoms with E-state index in [-0.39, 0.29) is 11.7 Å². The molecule has 0 aliphatic heterocycles. The van der Waals surface area contributed by atoms with Gasteiger partial charge in [-0.1, -0.05) is 0 Å². The number of hydrogen-bond acceptors (Lipinski definition) is 6. The zero-order valence-corrected chi connectivity index (χ0v) is 11.5. The maximum absolute atomic E-state index is 11.7. The number of rotatable bonds is 4. The zero-order valence-electron chi connectivity index (χ0n) is 10.7. The summed E-state index contributed by atoms with van der Waals surface area (Å²) in [5, 5.41) is 6.40. The van der Waals surface area contributed by atoms with Gasteiger partial charge in [0.2, 0.25) is 0 Å². The molecule has 0 fully saturated rings. The average Bonchev–Trinajstić information content (AvgIpc) is 2.78. The molecule has 0 saturated carbocycles. The van der Waals surface area contributed by atoms with Crippen molar-refractivity contribution in [3.05, 3.63) is 35.2 Å². The second kappa shape index (κ2) is 5.66. The lowest BCUT2D eigenvalue weighted by molar-refractivity contribution is 0.0965. The van der Waals surface area contributed by atoms with Crippen LogP contribution in [0.1, 0.15) is 21.5 Å². The Balaban J connectivity index is 2.17. The monoisotopic (exact) mass is 277 g/mol. The predicted molar refractivity (Wildman–Crippen MR) is 76.2 cm³/mol. The van der Waals surface area contributed by atoms with Crippen molar-refractivity contribution in [2.45, 2.75) is 13.5 Å². The van der Waals surface area contributed by atoms with Gasteiger partial charge in [-0.2, -0.15) is 4.37 Å². The van der Waals surface area contributed by atoms with E-state index in [1.54, 1.807) is 19.4 Å². The van der Waals surface area contributed by atoms with Crippen molar-refractivity contribution in [1.82, 2.24) is 14.7 Å². The summed E-state index contributed by atoms with van der Waals surface area (Å²) in [5.41, 5.74) is 8.31. The van der Waals surface area contributed by atoms with Gasteiger partial charge >= 0.3 is 0 Å². The van der Waals surface area contributed by atoms with Gasteiger partial charge in [0, 0.05) is 26.0 Å². The summed E-state index contributed by atoms with van der Waals surface area (Å²) >= 11 is 1.18. The first-order valence-corrected chi connectivity index (χ1v) is 6.51. The van der Waals surface area contributed by atoms with Crippen LogP contribution < -0.4 is 16.4 Å². The number of carbonyl (C=O) groups is 1. The third-order valence-corrected chi connectivity index (χ3v) is 3.58. The summed E-state index contributed by atoms with van der Waals surface area (Å²) < 4.78 is 4.00. The molecule has 4 N–H and O–H groups in total. The Morgan fingerprint density at radius 2 is 2.32 bits per heavy atom. The summed E-state index contributed by atoms with van der Waals surface area (Å²) in [6.07, 6.45) is 3.55. The molecule has 0 saturated heterocycles. The molecule has 0 aliphatic carbocycles.